The van der Waals surface area contributed by atoms with Gasteiger partial charge in [0.1, 0.15) is 17.4 Å². The lowest BCUT2D eigenvalue weighted by Crippen LogP contribution is -2.13. The van der Waals surface area contributed by atoms with Crippen LogP contribution in [0.25, 0.3) is 10.2 Å². The number of ether oxygens (including phenoxy) is 2. The minimum atomic E-state index is -0.109. The molecule has 1 saturated carbocycles. The molecule has 1 aliphatic rings. The number of carbonyl (C=O) groups is 1. The molecule has 0 amide bonds. The van der Waals surface area contributed by atoms with Gasteiger partial charge in [-0.2, -0.15) is 0 Å². The van der Waals surface area contributed by atoms with Gasteiger partial charge in [-0.05, 0) is 54.5 Å². The lowest BCUT2D eigenvalue weighted by atomic mass is 9.87. The molecular weight excluding hydrogens is 358 g/mol. The average Bonchev–Trinajstić information content (AvgIpc) is 3.33. The summed E-state index contributed by atoms with van der Waals surface area (Å²) >= 11 is 1.67. The van der Waals surface area contributed by atoms with Crippen LogP contribution < -0.4 is 4.74 Å². The summed E-state index contributed by atoms with van der Waals surface area (Å²) in [5.74, 6) is 1.55. The summed E-state index contributed by atoms with van der Waals surface area (Å²) in [5.41, 5.74) is 2.31. The van der Waals surface area contributed by atoms with Crippen LogP contribution in [0.4, 0.5) is 0 Å². The van der Waals surface area contributed by atoms with Crippen LogP contribution in [-0.4, -0.2) is 18.1 Å². The van der Waals surface area contributed by atoms with Gasteiger partial charge in [0, 0.05) is 6.42 Å². The highest BCUT2D eigenvalue weighted by molar-refractivity contribution is 7.18. The Morgan fingerprint density at radius 3 is 2.74 bits per heavy atom. The van der Waals surface area contributed by atoms with Crippen molar-refractivity contribution in [2.45, 2.75) is 38.2 Å². The molecule has 1 heterocycles. The summed E-state index contributed by atoms with van der Waals surface area (Å²) < 4.78 is 12.0. The van der Waals surface area contributed by atoms with Crippen molar-refractivity contribution in [3.8, 4) is 5.75 Å². The molecule has 0 N–H and O–H groups in total. The number of carbonyl (C=O) groups excluding carboxylic acids is 1. The van der Waals surface area contributed by atoms with E-state index in [1.54, 1.807) is 11.3 Å². The first-order valence-corrected chi connectivity index (χ1v) is 10.2. The largest absolute Gasteiger partial charge is 0.486 e. The molecule has 2 aromatic carbocycles. The van der Waals surface area contributed by atoms with Crippen molar-refractivity contribution in [1.82, 2.24) is 4.98 Å². The zero-order valence-electron chi connectivity index (χ0n) is 15.4. The summed E-state index contributed by atoms with van der Waals surface area (Å²) in [6.45, 7) is 0.479. The second-order valence-electron chi connectivity index (χ2n) is 7.01. The molecule has 1 aliphatic carbocycles. The molecule has 4 nitrogen and oxygen atoms in total. The average molecular weight is 381 g/mol. The number of esters is 1. The second-order valence-corrected chi connectivity index (χ2v) is 8.13. The number of hydrogen-bond donors (Lipinski definition) is 0. The van der Waals surface area contributed by atoms with Crippen LogP contribution in [0.5, 0.6) is 5.75 Å². The minimum Gasteiger partial charge on any atom is -0.486 e. The van der Waals surface area contributed by atoms with Crippen molar-refractivity contribution in [3.05, 3.63) is 59.1 Å². The molecule has 4 rings (SSSR count). The van der Waals surface area contributed by atoms with Crippen molar-refractivity contribution >= 4 is 27.5 Å². The highest BCUT2D eigenvalue weighted by Gasteiger charge is 2.30. The molecule has 0 bridgehead atoms. The first kappa shape index (κ1) is 18.0. The van der Waals surface area contributed by atoms with E-state index in [4.69, 9.17) is 9.47 Å². The fraction of sp³-hybridized carbons (Fsp3) is 0.364. The van der Waals surface area contributed by atoms with Crippen molar-refractivity contribution in [1.29, 1.82) is 0 Å². The van der Waals surface area contributed by atoms with Gasteiger partial charge in [0.05, 0.1) is 17.3 Å². The van der Waals surface area contributed by atoms with Crippen LogP contribution in [-0.2, 0) is 16.1 Å². The number of benzene rings is 2. The molecule has 3 aromatic rings. The zero-order chi connectivity index (χ0) is 18.6. The molecule has 5 heteroatoms. The van der Waals surface area contributed by atoms with E-state index in [-0.39, 0.29) is 5.97 Å². The maximum atomic E-state index is 11.6. The molecule has 0 radical (unpaired) electrons. The summed E-state index contributed by atoms with van der Waals surface area (Å²) in [6, 6.07) is 16.4. The molecule has 2 unspecified atom stereocenters. The van der Waals surface area contributed by atoms with E-state index in [0.717, 1.165) is 29.1 Å². The molecule has 1 aromatic heterocycles. The Hall–Kier alpha value is -2.40. The third-order valence-corrected chi connectivity index (χ3v) is 6.33. The smallest absolute Gasteiger partial charge is 0.305 e. The summed E-state index contributed by atoms with van der Waals surface area (Å²) in [6.07, 6.45) is 3.91. The molecular formula is C22H23NO3S. The lowest BCUT2D eigenvalue weighted by molar-refractivity contribution is -0.141. The van der Waals surface area contributed by atoms with E-state index in [1.807, 2.05) is 30.3 Å². The van der Waals surface area contributed by atoms with Gasteiger partial charge in [-0.15, -0.1) is 11.3 Å². The second kappa shape index (κ2) is 8.09. The number of fused-ring (bicyclic) bond motifs is 1. The van der Waals surface area contributed by atoms with Gasteiger partial charge >= 0.3 is 5.97 Å². The Kier molecular flexibility index (Phi) is 5.39. The van der Waals surface area contributed by atoms with Gasteiger partial charge in [-0.25, -0.2) is 4.98 Å². The Morgan fingerprint density at radius 1 is 1.15 bits per heavy atom. The normalized spacial score (nSPS) is 19.3. The molecule has 2 atom stereocenters. The third kappa shape index (κ3) is 4.14. The van der Waals surface area contributed by atoms with Gasteiger partial charge < -0.3 is 9.47 Å². The van der Waals surface area contributed by atoms with Crippen LogP contribution in [0, 0.1) is 5.92 Å². The van der Waals surface area contributed by atoms with E-state index < -0.39 is 0 Å². The number of nitrogens with zero attached hydrogens (tertiary/aromatic N) is 1. The molecule has 1 fully saturated rings. The van der Waals surface area contributed by atoms with E-state index in [9.17, 15) is 4.79 Å². The lowest BCUT2D eigenvalue weighted by Gasteiger charge is -2.19. The number of hydrogen-bond acceptors (Lipinski definition) is 5. The highest BCUT2D eigenvalue weighted by atomic mass is 32.1. The van der Waals surface area contributed by atoms with Crippen LogP contribution in [0.3, 0.4) is 0 Å². The predicted octanol–water partition coefficient (Wildman–Crippen LogP) is 5.32. The predicted molar refractivity (Wildman–Crippen MR) is 107 cm³/mol. The van der Waals surface area contributed by atoms with E-state index >= 15 is 0 Å². The zero-order valence-corrected chi connectivity index (χ0v) is 16.2. The van der Waals surface area contributed by atoms with Crippen LogP contribution >= 0.6 is 11.3 Å². The number of rotatable bonds is 6. The molecule has 140 valence electrons. The van der Waals surface area contributed by atoms with Crippen LogP contribution in [0.2, 0.25) is 0 Å². The first-order chi connectivity index (χ1) is 13.2. The number of thiazole rings is 1. The standard InChI is InChI=1S/C22H23NO3S/c1-25-22(24)13-16-5-4-6-18(16)15-9-11-17(12-10-15)26-14-21-23-19-7-2-3-8-20(19)27-21/h2-3,7-12,16,18H,4-6,13-14H2,1H3. The highest BCUT2D eigenvalue weighted by Crippen LogP contribution is 2.42. The van der Waals surface area contributed by atoms with E-state index in [1.165, 1.54) is 23.8 Å². The fourth-order valence-electron chi connectivity index (χ4n) is 3.96. The van der Waals surface area contributed by atoms with E-state index in [2.05, 4.69) is 23.2 Å². The maximum absolute atomic E-state index is 11.6. The number of aromatic nitrogens is 1. The summed E-state index contributed by atoms with van der Waals surface area (Å²) in [4.78, 5) is 16.2. The Morgan fingerprint density at radius 2 is 1.96 bits per heavy atom. The van der Waals surface area contributed by atoms with Gasteiger partial charge in [0.15, 0.2) is 0 Å². The molecule has 0 spiro atoms. The topological polar surface area (TPSA) is 48.4 Å². The van der Waals surface area contributed by atoms with Gasteiger partial charge in [-0.3, -0.25) is 4.79 Å². The third-order valence-electron chi connectivity index (χ3n) is 5.32. The SMILES string of the molecule is COC(=O)CC1CCCC1c1ccc(OCc2nc3ccccc3s2)cc1. The summed E-state index contributed by atoms with van der Waals surface area (Å²) in [7, 11) is 1.46. The van der Waals surface area contributed by atoms with Crippen molar-refractivity contribution < 1.29 is 14.3 Å². The maximum Gasteiger partial charge on any atom is 0.305 e. The Bertz CT molecular complexity index is 886. The van der Waals surface area contributed by atoms with Crippen molar-refractivity contribution in [3.63, 3.8) is 0 Å². The van der Waals surface area contributed by atoms with Gasteiger partial charge in [0.2, 0.25) is 0 Å². The minimum absolute atomic E-state index is 0.109. The molecule has 27 heavy (non-hydrogen) atoms. The summed E-state index contributed by atoms with van der Waals surface area (Å²) in [5, 5.41) is 0.981. The molecule has 0 saturated heterocycles. The van der Waals surface area contributed by atoms with Crippen LogP contribution in [0.1, 0.15) is 42.2 Å². The van der Waals surface area contributed by atoms with Crippen LogP contribution in [0.15, 0.2) is 48.5 Å². The van der Waals surface area contributed by atoms with Gasteiger partial charge in [-0.1, -0.05) is 30.7 Å². The van der Waals surface area contributed by atoms with Crippen molar-refractivity contribution in [2.75, 3.05) is 7.11 Å². The number of methoxy groups -OCH3 is 1. The van der Waals surface area contributed by atoms with Crippen molar-refractivity contribution in [2.24, 2.45) is 5.92 Å². The quantitative estimate of drug-likeness (QED) is 0.542. The Balaban J connectivity index is 1.39. The fourth-order valence-corrected chi connectivity index (χ4v) is 4.84. The number of para-hydroxylation sites is 1. The van der Waals surface area contributed by atoms with Gasteiger partial charge in [0.25, 0.3) is 0 Å². The molecule has 0 aliphatic heterocycles. The van der Waals surface area contributed by atoms with E-state index in [0.29, 0.717) is 24.9 Å². The monoisotopic (exact) mass is 381 g/mol. The Labute approximate surface area is 163 Å². The first-order valence-electron chi connectivity index (χ1n) is 9.37.